The number of methoxy groups -OCH3 is 1. The first-order valence-electron chi connectivity index (χ1n) is 5.38. The van der Waals surface area contributed by atoms with Crippen molar-refractivity contribution in [3.63, 3.8) is 0 Å². The van der Waals surface area contributed by atoms with Gasteiger partial charge in [0.05, 0.1) is 12.7 Å². The number of esters is 1. The lowest BCUT2D eigenvalue weighted by molar-refractivity contribution is 0.0591. The molecule has 0 fully saturated rings. The second-order valence-electron chi connectivity index (χ2n) is 3.94. The van der Waals surface area contributed by atoms with Gasteiger partial charge in [-0.25, -0.2) is 4.79 Å². The van der Waals surface area contributed by atoms with Gasteiger partial charge in [0.25, 0.3) is 0 Å². The molecule has 2 aromatic rings. The number of alkyl halides is 1. The number of ether oxygens (including phenoxy) is 1. The summed E-state index contributed by atoms with van der Waals surface area (Å²) >= 11 is 3.37. The third-order valence-electron chi connectivity index (χ3n) is 2.76. The van der Waals surface area contributed by atoms with E-state index in [1.165, 1.54) is 14.0 Å². The first-order valence-corrected chi connectivity index (χ1v) is 6.50. The van der Waals surface area contributed by atoms with Crippen LogP contribution in [-0.2, 0) is 10.1 Å². The number of hydrogen-bond donors (Lipinski definition) is 1. The minimum absolute atomic E-state index is 0.159. The van der Waals surface area contributed by atoms with Gasteiger partial charge in [-0.15, -0.1) is 0 Å². The molecule has 5 heteroatoms. The van der Waals surface area contributed by atoms with E-state index < -0.39 is 5.97 Å². The van der Waals surface area contributed by atoms with E-state index in [1.807, 2.05) is 18.2 Å². The fourth-order valence-electron chi connectivity index (χ4n) is 1.95. The van der Waals surface area contributed by atoms with Gasteiger partial charge in [-0.2, -0.15) is 0 Å². The van der Waals surface area contributed by atoms with E-state index >= 15 is 0 Å². The number of aromatic amines is 1. The molecule has 0 saturated carbocycles. The van der Waals surface area contributed by atoms with E-state index in [2.05, 4.69) is 25.7 Å². The molecule has 0 spiro atoms. The van der Waals surface area contributed by atoms with Gasteiger partial charge >= 0.3 is 5.97 Å². The quantitative estimate of drug-likeness (QED) is 0.538. The second-order valence-corrected chi connectivity index (χ2v) is 4.50. The van der Waals surface area contributed by atoms with Crippen LogP contribution in [0.4, 0.5) is 0 Å². The summed E-state index contributed by atoms with van der Waals surface area (Å²) in [7, 11) is 1.29. The first kappa shape index (κ1) is 12.8. The highest BCUT2D eigenvalue weighted by Gasteiger charge is 2.21. The molecule has 0 aliphatic rings. The number of rotatable bonds is 3. The van der Waals surface area contributed by atoms with Crippen molar-refractivity contribution in [3.8, 4) is 0 Å². The van der Waals surface area contributed by atoms with Crippen molar-refractivity contribution < 1.29 is 14.3 Å². The van der Waals surface area contributed by atoms with Crippen LogP contribution in [0.15, 0.2) is 18.2 Å². The fraction of sp³-hybridized carbons (Fsp3) is 0.231. The summed E-state index contributed by atoms with van der Waals surface area (Å²) in [5, 5.41) is 1.46. The van der Waals surface area contributed by atoms with Crippen molar-refractivity contribution in [1.29, 1.82) is 0 Å². The van der Waals surface area contributed by atoms with E-state index in [-0.39, 0.29) is 11.5 Å². The molecule has 0 amide bonds. The third kappa shape index (κ3) is 2.06. The maximum absolute atomic E-state index is 11.7. The number of carbonyl (C=O) groups excluding carboxylic acids is 2. The van der Waals surface area contributed by atoms with Crippen LogP contribution in [0.5, 0.6) is 0 Å². The molecule has 0 unspecified atom stereocenters. The number of benzene rings is 1. The van der Waals surface area contributed by atoms with Crippen LogP contribution in [0.25, 0.3) is 10.9 Å². The average molecular weight is 310 g/mol. The van der Waals surface area contributed by atoms with Gasteiger partial charge < -0.3 is 9.72 Å². The Morgan fingerprint density at radius 3 is 2.67 bits per heavy atom. The molecule has 1 heterocycles. The van der Waals surface area contributed by atoms with Gasteiger partial charge in [0.15, 0.2) is 5.78 Å². The van der Waals surface area contributed by atoms with Crippen molar-refractivity contribution >= 4 is 38.6 Å². The molecular formula is C13H12BrNO3. The molecule has 18 heavy (non-hydrogen) atoms. The van der Waals surface area contributed by atoms with Gasteiger partial charge in [0.2, 0.25) is 0 Å². The zero-order chi connectivity index (χ0) is 13.3. The van der Waals surface area contributed by atoms with Gasteiger partial charge in [0, 0.05) is 16.2 Å². The van der Waals surface area contributed by atoms with Crippen molar-refractivity contribution in [2.75, 3.05) is 7.11 Å². The Morgan fingerprint density at radius 2 is 2.11 bits per heavy atom. The summed E-state index contributed by atoms with van der Waals surface area (Å²) in [5.41, 5.74) is 2.43. The highest BCUT2D eigenvalue weighted by atomic mass is 79.9. The Hall–Kier alpha value is -1.62. The third-order valence-corrected chi connectivity index (χ3v) is 3.41. The maximum Gasteiger partial charge on any atom is 0.355 e. The predicted octanol–water partition coefficient (Wildman–Crippen LogP) is 3.05. The molecule has 4 nitrogen and oxygen atoms in total. The minimum Gasteiger partial charge on any atom is -0.464 e. The van der Waals surface area contributed by atoms with E-state index in [0.29, 0.717) is 10.9 Å². The summed E-state index contributed by atoms with van der Waals surface area (Å²) in [6.07, 6.45) is 0. The Balaban J connectivity index is 2.74. The second kappa shape index (κ2) is 4.94. The normalized spacial score (nSPS) is 10.6. The predicted molar refractivity (Wildman–Crippen MR) is 72.3 cm³/mol. The highest BCUT2D eigenvalue weighted by molar-refractivity contribution is 9.08. The number of halogens is 1. The Kier molecular flexibility index (Phi) is 3.52. The molecule has 2 rings (SSSR count). The lowest BCUT2D eigenvalue weighted by atomic mass is 10.1. The summed E-state index contributed by atoms with van der Waals surface area (Å²) in [6.45, 7) is 1.44. The topological polar surface area (TPSA) is 59.2 Å². The highest BCUT2D eigenvalue weighted by Crippen LogP contribution is 2.25. The molecule has 1 aromatic carbocycles. The standard InChI is InChI=1S/C13H12BrNO3/c1-7(16)11-9-4-3-8(6-14)5-10(9)15-12(11)13(17)18-2/h3-5,15H,6H2,1-2H3. The monoisotopic (exact) mass is 309 g/mol. The fourth-order valence-corrected chi connectivity index (χ4v) is 2.30. The van der Waals surface area contributed by atoms with Crippen LogP contribution in [0.3, 0.4) is 0 Å². The number of hydrogen-bond acceptors (Lipinski definition) is 3. The van der Waals surface area contributed by atoms with Crippen LogP contribution >= 0.6 is 15.9 Å². The smallest absolute Gasteiger partial charge is 0.355 e. The molecule has 0 bridgehead atoms. The molecule has 0 saturated heterocycles. The summed E-state index contributed by atoms with van der Waals surface area (Å²) in [5.74, 6) is -0.690. The summed E-state index contributed by atoms with van der Waals surface area (Å²) in [6, 6.07) is 5.66. The van der Waals surface area contributed by atoms with Crippen LogP contribution in [0, 0.1) is 0 Å². The Labute approximate surface area is 112 Å². The molecule has 0 radical (unpaired) electrons. The zero-order valence-electron chi connectivity index (χ0n) is 10.0. The van der Waals surface area contributed by atoms with Gasteiger partial charge in [0.1, 0.15) is 5.69 Å². The molecule has 94 valence electrons. The average Bonchev–Trinajstić information content (AvgIpc) is 2.75. The molecule has 1 N–H and O–H groups in total. The van der Waals surface area contributed by atoms with Gasteiger partial charge in [-0.3, -0.25) is 4.79 Å². The molecule has 0 atom stereocenters. The SMILES string of the molecule is COC(=O)c1[nH]c2cc(CBr)ccc2c1C(C)=O. The van der Waals surface area contributed by atoms with E-state index in [4.69, 9.17) is 0 Å². The Morgan fingerprint density at radius 1 is 1.39 bits per heavy atom. The summed E-state index contributed by atoms with van der Waals surface area (Å²) in [4.78, 5) is 26.3. The largest absolute Gasteiger partial charge is 0.464 e. The Bertz CT molecular complexity index is 630. The van der Waals surface area contributed by atoms with Crippen molar-refractivity contribution in [2.24, 2.45) is 0 Å². The van der Waals surface area contributed by atoms with Crippen molar-refractivity contribution in [1.82, 2.24) is 4.98 Å². The van der Waals surface area contributed by atoms with Gasteiger partial charge in [-0.1, -0.05) is 28.1 Å². The van der Waals surface area contributed by atoms with Gasteiger partial charge in [-0.05, 0) is 18.6 Å². The molecular weight excluding hydrogens is 298 g/mol. The number of aromatic nitrogens is 1. The van der Waals surface area contributed by atoms with Crippen LogP contribution in [-0.4, -0.2) is 23.8 Å². The van der Waals surface area contributed by atoms with Crippen molar-refractivity contribution in [2.45, 2.75) is 12.3 Å². The van der Waals surface area contributed by atoms with Crippen molar-refractivity contribution in [3.05, 3.63) is 35.0 Å². The number of Topliss-reactive ketones (excluding diaryl/α,β-unsaturated/α-hetero) is 1. The first-order chi connectivity index (χ1) is 8.58. The van der Waals surface area contributed by atoms with E-state index in [0.717, 1.165) is 16.5 Å². The molecule has 0 aliphatic heterocycles. The maximum atomic E-state index is 11.7. The lowest BCUT2D eigenvalue weighted by Crippen LogP contribution is -2.07. The van der Waals surface area contributed by atoms with Crippen LogP contribution < -0.4 is 0 Å². The zero-order valence-corrected chi connectivity index (χ0v) is 11.6. The number of nitrogens with one attached hydrogen (secondary N) is 1. The number of fused-ring (bicyclic) bond motifs is 1. The number of ketones is 1. The summed E-state index contributed by atoms with van der Waals surface area (Å²) < 4.78 is 4.68. The van der Waals surface area contributed by atoms with E-state index in [1.54, 1.807) is 0 Å². The van der Waals surface area contributed by atoms with Crippen LogP contribution in [0.1, 0.15) is 33.3 Å². The number of carbonyl (C=O) groups is 2. The van der Waals surface area contributed by atoms with Crippen LogP contribution in [0.2, 0.25) is 0 Å². The number of H-pyrrole nitrogens is 1. The molecule has 1 aromatic heterocycles. The minimum atomic E-state index is -0.531. The lowest BCUT2D eigenvalue weighted by Gasteiger charge is -1.98. The molecule has 0 aliphatic carbocycles. The van der Waals surface area contributed by atoms with E-state index in [9.17, 15) is 9.59 Å².